The second-order valence-corrected chi connectivity index (χ2v) is 6.01. The molecule has 112 valence electrons. The van der Waals surface area contributed by atoms with Gasteiger partial charge in [-0.3, -0.25) is 0 Å². The van der Waals surface area contributed by atoms with Gasteiger partial charge in [0, 0.05) is 30.1 Å². The van der Waals surface area contributed by atoms with Crippen molar-refractivity contribution in [2.45, 2.75) is 37.2 Å². The van der Waals surface area contributed by atoms with Crippen molar-refractivity contribution < 1.29 is 4.74 Å². The van der Waals surface area contributed by atoms with Gasteiger partial charge < -0.3 is 10.1 Å². The Balaban J connectivity index is 2.06. The lowest BCUT2D eigenvalue weighted by atomic mass is 10.1. The molecule has 0 spiro atoms. The van der Waals surface area contributed by atoms with E-state index in [0.717, 1.165) is 23.1 Å². The van der Waals surface area contributed by atoms with Crippen LogP contribution in [0, 0.1) is 0 Å². The second-order valence-electron chi connectivity index (χ2n) is 5.02. The summed E-state index contributed by atoms with van der Waals surface area (Å²) in [5.74, 6) is 1.75. The van der Waals surface area contributed by atoms with Gasteiger partial charge in [0.15, 0.2) is 0 Å². The molecule has 21 heavy (non-hydrogen) atoms. The van der Waals surface area contributed by atoms with Gasteiger partial charge in [-0.05, 0) is 23.8 Å². The average molecular weight is 303 g/mol. The summed E-state index contributed by atoms with van der Waals surface area (Å²) in [5, 5.41) is 4.40. The Labute approximate surface area is 130 Å². The molecule has 0 amide bonds. The smallest absolute Gasteiger partial charge is 0.122 e. The monoisotopic (exact) mass is 303 g/mol. The number of hydrogen-bond donors (Lipinski definition) is 1. The zero-order valence-electron chi connectivity index (χ0n) is 12.7. The number of thioether (sulfide) groups is 1. The van der Waals surface area contributed by atoms with Crippen LogP contribution < -0.4 is 10.1 Å². The first-order chi connectivity index (χ1) is 10.2. The first-order valence-corrected chi connectivity index (χ1v) is 7.95. The highest BCUT2D eigenvalue weighted by Crippen LogP contribution is 2.27. The Morgan fingerprint density at radius 3 is 2.81 bits per heavy atom. The van der Waals surface area contributed by atoms with E-state index in [4.69, 9.17) is 4.74 Å². The Hall–Kier alpha value is -1.59. The molecule has 5 heteroatoms. The lowest BCUT2D eigenvalue weighted by Crippen LogP contribution is -2.21. The van der Waals surface area contributed by atoms with Gasteiger partial charge >= 0.3 is 0 Å². The summed E-state index contributed by atoms with van der Waals surface area (Å²) in [6.07, 6.45) is 3.33. The second kappa shape index (κ2) is 8.00. The van der Waals surface area contributed by atoms with Gasteiger partial charge in [-0.15, -0.1) is 11.8 Å². The molecule has 4 nitrogen and oxygen atoms in total. The van der Waals surface area contributed by atoms with Gasteiger partial charge in [-0.2, -0.15) is 0 Å². The van der Waals surface area contributed by atoms with E-state index in [2.05, 4.69) is 41.3 Å². The molecule has 0 radical (unpaired) electrons. The number of benzene rings is 1. The van der Waals surface area contributed by atoms with E-state index in [1.165, 1.54) is 11.1 Å². The minimum atomic E-state index is 0.478. The topological polar surface area (TPSA) is 47.0 Å². The molecule has 0 bridgehead atoms. The zero-order chi connectivity index (χ0) is 15.1. The Morgan fingerprint density at radius 2 is 2.14 bits per heavy atom. The summed E-state index contributed by atoms with van der Waals surface area (Å²) in [5.41, 5.74) is 2.45. The molecule has 0 unspecified atom stereocenters. The third-order valence-electron chi connectivity index (χ3n) is 2.99. The molecule has 1 aromatic carbocycles. The highest BCUT2D eigenvalue weighted by molar-refractivity contribution is 7.98. The van der Waals surface area contributed by atoms with Crippen LogP contribution in [0.4, 0.5) is 0 Å². The van der Waals surface area contributed by atoms with Crippen LogP contribution >= 0.6 is 11.8 Å². The van der Waals surface area contributed by atoms with Crippen LogP contribution in [0.3, 0.4) is 0 Å². The molecule has 0 aliphatic carbocycles. The van der Waals surface area contributed by atoms with Crippen LogP contribution in [0.15, 0.2) is 41.8 Å². The predicted octanol–water partition coefficient (Wildman–Crippen LogP) is 3.28. The highest BCUT2D eigenvalue weighted by atomic mass is 32.2. The molecule has 0 saturated heterocycles. The van der Waals surface area contributed by atoms with Crippen molar-refractivity contribution in [3.05, 3.63) is 47.9 Å². The van der Waals surface area contributed by atoms with Crippen LogP contribution in [0.5, 0.6) is 5.75 Å². The van der Waals surface area contributed by atoms with Crippen LogP contribution in [0.1, 0.15) is 25.0 Å². The van der Waals surface area contributed by atoms with E-state index < -0.39 is 0 Å². The maximum atomic E-state index is 5.45. The SMILES string of the molecule is COc1ccc(CNC(C)C)cc1CSc1ccncn1. The summed E-state index contributed by atoms with van der Waals surface area (Å²) in [4.78, 5) is 8.16. The predicted molar refractivity (Wildman–Crippen MR) is 86.6 cm³/mol. The van der Waals surface area contributed by atoms with Gasteiger partial charge in [-0.25, -0.2) is 9.97 Å². The van der Waals surface area contributed by atoms with Crippen LogP contribution in [-0.2, 0) is 12.3 Å². The van der Waals surface area contributed by atoms with Crippen molar-refractivity contribution in [3.8, 4) is 5.75 Å². The summed E-state index contributed by atoms with van der Waals surface area (Å²) in [6, 6.07) is 8.73. The first-order valence-electron chi connectivity index (χ1n) is 6.97. The van der Waals surface area contributed by atoms with Crippen LogP contribution in [0.25, 0.3) is 0 Å². The molecule has 0 fully saturated rings. The summed E-state index contributed by atoms with van der Waals surface area (Å²) in [7, 11) is 1.71. The zero-order valence-corrected chi connectivity index (χ0v) is 13.5. The lowest BCUT2D eigenvalue weighted by molar-refractivity contribution is 0.411. The van der Waals surface area contributed by atoms with Crippen LogP contribution in [-0.4, -0.2) is 23.1 Å². The molecule has 0 atom stereocenters. The third kappa shape index (κ3) is 5.02. The fraction of sp³-hybridized carbons (Fsp3) is 0.375. The molecule has 2 aromatic rings. The maximum Gasteiger partial charge on any atom is 0.122 e. The van der Waals surface area contributed by atoms with Crippen molar-refractivity contribution in [3.63, 3.8) is 0 Å². The number of nitrogens with zero attached hydrogens (tertiary/aromatic N) is 2. The number of rotatable bonds is 7. The number of aromatic nitrogens is 2. The Bertz CT molecular complexity index is 561. The molecular weight excluding hydrogens is 282 g/mol. The van der Waals surface area contributed by atoms with Crippen LogP contribution in [0.2, 0.25) is 0 Å². The summed E-state index contributed by atoms with van der Waals surface area (Å²) < 4.78 is 5.45. The quantitative estimate of drug-likeness (QED) is 0.628. The number of hydrogen-bond acceptors (Lipinski definition) is 5. The van der Waals surface area contributed by atoms with Gasteiger partial charge in [0.05, 0.1) is 12.1 Å². The number of nitrogens with one attached hydrogen (secondary N) is 1. The average Bonchev–Trinajstić information content (AvgIpc) is 2.52. The maximum absolute atomic E-state index is 5.45. The van der Waals surface area contributed by atoms with E-state index in [0.29, 0.717) is 6.04 Å². The van der Waals surface area contributed by atoms with Gasteiger partial charge in [0.25, 0.3) is 0 Å². The molecule has 2 rings (SSSR count). The van der Waals surface area contributed by atoms with Crippen molar-refractivity contribution in [2.24, 2.45) is 0 Å². The molecule has 1 heterocycles. The van der Waals surface area contributed by atoms with Crippen molar-refractivity contribution in [1.82, 2.24) is 15.3 Å². The molecule has 0 aliphatic rings. The summed E-state index contributed by atoms with van der Waals surface area (Å²) in [6.45, 7) is 5.16. The minimum absolute atomic E-state index is 0.478. The number of ether oxygens (including phenoxy) is 1. The normalized spacial score (nSPS) is 10.9. The van der Waals surface area contributed by atoms with Crippen molar-refractivity contribution in [2.75, 3.05) is 7.11 Å². The molecule has 0 aliphatic heterocycles. The minimum Gasteiger partial charge on any atom is -0.496 e. The van der Waals surface area contributed by atoms with E-state index in [-0.39, 0.29) is 0 Å². The standard InChI is InChI=1S/C16H21N3OS/c1-12(2)18-9-13-4-5-15(20-3)14(8-13)10-21-16-6-7-17-11-19-16/h4-8,11-12,18H,9-10H2,1-3H3. The third-order valence-corrected chi connectivity index (χ3v) is 3.98. The molecular formula is C16H21N3OS. The van der Waals surface area contributed by atoms with Gasteiger partial charge in [0.1, 0.15) is 12.1 Å². The van der Waals surface area contributed by atoms with E-state index in [1.54, 1.807) is 31.4 Å². The highest BCUT2D eigenvalue weighted by Gasteiger charge is 2.06. The van der Waals surface area contributed by atoms with Gasteiger partial charge in [0.2, 0.25) is 0 Å². The largest absolute Gasteiger partial charge is 0.496 e. The Morgan fingerprint density at radius 1 is 1.29 bits per heavy atom. The fourth-order valence-corrected chi connectivity index (χ4v) is 2.70. The van der Waals surface area contributed by atoms with Gasteiger partial charge in [-0.1, -0.05) is 19.9 Å². The van der Waals surface area contributed by atoms with Crippen molar-refractivity contribution >= 4 is 11.8 Å². The van der Waals surface area contributed by atoms with E-state index >= 15 is 0 Å². The first kappa shape index (κ1) is 15.8. The number of methoxy groups -OCH3 is 1. The lowest BCUT2D eigenvalue weighted by Gasteiger charge is -2.12. The van der Waals surface area contributed by atoms with E-state index in [9.17, 15) is 0 Å². The van der Waals surface area contributed by atoms with E-state index in [1.807, 2.05) is 12.1 Å². The summed E-state index contributed by atoms with van der Waals surface area (Å²) >= 11 is 1.68. The molecule has 1 N–H and O–H groups in total. The Kier molecular flexibility index (Phi) is 6.02. The van der Waals surface area contributed by atoms with Crippen molar-refractivity contribution in [1.29, 1.82) is 0 Å². The molecule has 0 saturated carbocycles. The fourth-order valence-electron chi connectivity index (χ4n) is 1.89. The molecule has 1 aromatic heterocycles.